The molecule has 0 saturated carbocycles. The van der Waals surface area contributed by atoms with Gasteiger partial charge in [-0.05, 0) is 11.5 Å². The van der Waals surface area contributed by atoms with Crippen LogP contribution in [-0.2, 0) is 12.4 Å². The summed E-state index contributed by atoms with van der Waals surface area (Å²) < 4.78 is 74.5. The second kappa shape index (κ2) is 4.23. The van der Waals surface area contributed by atoms with Crippen molar-refractivity contribution < 1.29 is 36.4 Å². The lowest BCUT2D eigenvalue weighted by molar-refractivity contribution is -0.161. The van der Waals surface area contributed by atoms with Crippen LogP contribution in [0.4, 0.5) is 26.3 Å². The Morgan fingerprint density at radius 1 is 0.882 bits per heavy atom. The number of alkyl halides is 6. The summed E-state index contributed by atoms with van der Waals surface area (Å²) in [6.45, 7) is 0. The van der Waals surface area contributed by atoms with E-state index in [0.717, 1.165) is 0 Å². The van der Waals surface area contributed by atoms with Crippen LogP contribution in [0.3, 0.4) is 0 Å². The lowest BCUT2D eigenvalue weighted by Gasteiger charge is -2.18. The van der Waals surface area contributed by atoms with Crippen LogP contribution in [0.25, 0.3) is 0 Å². The van der Waals surface area contributed by atoms with E-state index in [1.807, 2.05) is 0 Å². The van der Waals surface area contributed by atoms with Crippen LogP contribution >= 0.6 is 0 Å². The normalized spacial score (nSPS) is 12.7. The van der Waals surface area contributed by atoms with E-state index in [4.69, 9.17) is 10.0 Å². The van der Waals surface area contributed by atoms with Crippen molar-refractivity contribution in [3.63, 3.8) is 0 Å². The molecule has 0 aliphatic carbocycles. The lowest BCUT2D eigenvalue weighted by Crippen LogP contribution is -2.38. The topological polar surface area (TPSA) is 40.5 Å². The van der Waals surface area contributed by atoms with Gasteiger partial charge >= 0.3 is 19.5 Å². The third kappa shape index (κ3) is 2.92. The van der Waals surface area contributed by atoms with Crippen molar-refractivity contribution in [2.45, 2.75) is 12.4 Å². The Kier molecular flexibility index (Phi) is 3.44. The summed E-state index contributed by atoms with van der Waals surface area (Å²) in [5.74, 6) is 0. The molecule has 9 heteroatoms. The molecule has 0 saturated heterocycles. The molecular formula is C8H5BF6O2. The zero-order chi connectivity index (χ0) is 13.4. The van der Waals surface area contributed by atoms with E-state index in [1.54, 1.807) is 0 Å². The number of halogens is 6. The third-order valence-electron chi connectivity index (χ3n) is 1.96. The summed E-state index contributed by atoms with van der Waals surface area (Å²) in [5, 5.41) is 17.3. The SMILES string of the molecule is OB(O)c1cccc(C(F)(F)F)c1C(F)(F)F. The third-order valence-corrected chi connectivity index (χ3v) is 1.96. The molecule has 0 fully saturated rings. The molecule has 17 heavy (non-hydrogen) atoms. The second-order valence-electron chi connectivity index (χ2n) is 3.14. The van der Waals surface area contributed by atoms with E-state index in [1.165, 1.54) is 0 Å². The molecule has 0 bridgehead atoms. The van der Waals surface area contributed by atoms with Crippen LogP contribution in [-0.4, -0.2) is 17.2 Å². The number of hydrogen-bond acceptors (Lipinski definition) is 2. The van der Waals surface area contributed by atoms with Crippen molar-refractivity contribution in [1.29, 1.82) is 0 Å². The van der Waals surface area contributed by atoms with E-state index in [-0.39, 0.29) is 6.07 Å². The van der Waals surface area contributed by atoms with Crippen molar-refractivity contribution in [3.05, 3.63) is 29.3 Å². The van der Waals surface area contributed by atoms with Gasteiger partial charge in [-0.3, -0.25) is 0 Å². The first kappa shape index (κ1) is 13.8. The molecule has 1 aromatic rings. The predicted molar refractivity (Wildman–Crippen MR) is 46.3 cm³/mol. The molecule has 0 unspecified atom stereocenters. The van der Waals surface area contributed by atoms with Crippen LogP contribution in [0.15, 0.2) is 18.2 Å². The summed E-state index contributed by atoms with van der Waals surface area (Å²) >= 11 is 0. The highest BCUT2D eigenvalue weighted by Crippen LogP contribution is 2.39. The highest BCUT2D eigenvalue weighted by Gasteiger charge is 2.45. The van der Waals surface area contributed by atoms with Gasteiger partial charge in [-0.1, -0.05) is 12.1 Å². The van der Waals surface area contributed by atoms with Gasteiger partial charge in [0.25, 0.3) is 0 Å². The van der Waals surface area contributed by atoms with Crippen molar-refractivity contribution in [2.24, 2.45) is 0 Å². The first-order valence-electron chi connectivity index (χ1n) is 4.18. The number of rotatable bonds is 1. The molecule has 1 aromatic carbocycles. The summed E-state index contributed by atoms with van der Waals surface area (Å²) in [7, 11) is -2.63. The fourth-order valence-electron chi connectivity index (χ4n) is 1.34. The highest BCUT2D eigenvalue weighted by molar-refractivity contribution is 6.59. The minimum Gasteiger partial charge on any atom is -0.423 e. The average Bonchev–Trinajstić information content (AvgIpc) is 2.13. The first-order chi connectivity index (χ1) is 7.55. The molecule has 1 rings (SSSR count). The summed E-state index contributed by atoms with van der Waals surface area (Å²) in [6, 6.07) is 1.48. The lowest BCUT2D eigenvalue weighted by atomic mass is 9.75. The molecule has 0 spiro atoms. The minimum atomic E-state index is -5.33. The standard InChI is InChI=1S/C8H5BF6O2/c10-7(11,12)4-2-1-3-5(9(16)17)6(4)8(13,14)15/h1-3,16-17H. The Labute approximate surface area is 91.6 Å². The maximum Gasteiger partial charge on any atom is 0.489 e. The van der Waals surface area contributed by atoms with Crippen LogP contribution in [0.2, 0.25) is 0 Å². The molecule has 0 atom stereocenters. The molecule has 0 heterocycles. The summed E-state index contributed by atoms with van der Waals surface area (Å²) in [5.41, 5.74) is -5.26. The predicted octanol–water partition coefficient (Wildman–Crippen LogP) is 1.40. The quantitative estimate of drug-likeness (QED) is 0.590. The molecule has 94 valence electrons. The molecule has 0 aliphatic rings. The number of hydrogen-bond donors (Lipinski definition) is 2. The Balaban J connectivity index is 3.58. The van der Waals surface area contributed by atoms with Gasteiger partial charge in [-0.25, -0.2) is 0 Å². The highest BCUT2D eigenvalue weighted by atomic mass is 19.4. The van der Waals surface area contributed by atoms with E-state index in [2.05, 4.69) is 0 Å². The minimum absolute atomic E-state index is 0.231. The molecular weight excluding hydrogens is 253 g/mol. The van der Waals surface area contributed by atoms with E-state index >= 15 is 0 Å². The largest absolute Gasteiger partial charge is 0.489 e. The molecule has 2 nitrogen and oxygen atoms in total. The van der Waals surface area contributed by atoms with Crippen molar-refractivity contribution in [1.82, 2.24) is 0 Å². The van der Waals surface area contributed by atoms with E-state index in [0.29, 0.717) is 12.1 Å². The van der Waals surface area contributed by atoms with Gasteiger partial charge in [0, 0.05) is 0 Å². The molecule has 2 N–H and O–H groups in total. The van der Waals surface area contributed by atoms with E-state index < -0.39 is 36.1 Å². The Morgan fingerprint density at radius 2 is 1.41 bits per heavy atom. The summed E-state index contributed by atoms with van der Waals surface area (Å²) in [4.78, 5) is 0. The maximum absolute atomic E-state index is 12.5. The van der Waals surface area contributed by atoms with Gasteiger partial charge in [0.15, 0.2) is 0 Å². The second-order valence-corrected chi connectivity index (χ2v) is 3.14. The van der Waals surface area contributed by atoms with Crippen molar-refractivity contribution in [3.8, 4) is 0 Å². The van der Waals surface area contributed by atoms with Crippen molar-refractivity contribution in [2.75, 3.05) is 0 Å². The van der Waals surface area contributed by atoms with Gasteiger partial charge < -0.3 is 10.0 Å². The Morgan fingerprint density at radius 3 is 1.76 bits per heavy atom. The summed E-state index contributed by atoms with van der Waals surface area (Å²) in [6.07, 6.45) is -10.6. The van der Waals surface area contributed by atoms with E-state index in [9.17, 15) is 26.3 Å². The fraction of sp³-hybridized carbons (Fsp3) is 0.250. The number of benzene rings is 1. The van der Waals surface area contributed by atoms with Crippen LogP contribution in [0, 0.1) is 0 Å². The molecule has 0 aliphatic heterocycles. The Bertz CT molecular complexity index is 411. The Hall–Kier alpha value is -1.22. The van der Waals surface area contributed by atoms with Gasteiger partial charge in [0.2, 0.25) is 0 Å². The zero-order valence-corrected chi connectivity index (χ0v) is 7.97. The van der Waals surface area contributed by atoms with Crippen molar-refractivity contribution >= 4 is 12.6 Å². The van der Waals surface area contributed by atoms with Crippen LogP contribution in [0.1, 0.15) is 11.1 Å². The zero-order valence-electron chi connectivity index (χ0n) is 7.97. The maximum atomic E-state index is 12.5. The molecule has 0 radical (unpaired) electrons. The molecule has 0 aromatic heterocycles. The fourth-order valence-corrected chi connectivity index (χ4v) is 1.34. The van der Waals surface area contributed by atoms with Gasteiger partial charge in [0.1, 0.15) is 0 Å². The first-order valence-corrected chi connectivity index (χ1v) is 4.18. The molecule has 0 amide bonds. The van der Waals surface area contributed by atoms with Gasteiger partial charge in [-0.15, -0.1) is 0 Å². The van der Waals surface area contributed by atoms with Crippen LogP contribution in [0.5, 0.6) is 0 Å². The monoisotopic (exact) mass is 258 g/mol. The van der Waals surface area contributed by atoms with Crippen LogP contribution < -0.4 is 5.46 Å². The van der Waals surface area contributed by atoms with Gasteiger partial charge in [0.05, 0.1) is 11.1 Å². The average molecular weight is 258 g/mol. The van der Waals surface area contributed by atoms with Gasteiger partial charge in [-0.2, -0.15) is 26.3 Å². The smallest absolute Gasteiger partial charge is 0.423 e.